The second-order valence-electron chi connectivity index (χ2n) is 7.53. The van der Waals surface area contributed by atoms with Crippen LogP contribution in [0.25, 0.3) is 0 Å². The third-order valence-corrected chi connectivity index (χ3v) is 5.32. The second-order valence-corrected chi connectivity index (χ2v) is 7.53. The normalized spacial score (nSPS) is 16.2. The molecule has 158 valence electrons. The van der Waals surface area contributed by atoms with Crippen LogP contribution >= 0.6 is 0 Å². The van der Waals surface area contributed by atoms with Crippen LogP contribution in [0.5, 0.6) is 0 Å². The Balaban J connectivity index is 1.51. The topological polar surface area (TPSA) is 51.1 Å². The number of aliphatic imine (C=N–C) groups is 1. The highest BCUT2D eigenvalue weighted by Crippen LogP contribution is 2.25. The molecule has 0 spiro atoms. The van der Waals surface area contributed by atoms with E-state index < -0.39 is 6.09 Å². The van der Waals surface area contributed by atoms with Gasteiger partial charge in [-0.2, -0.15) is 0 Å². The smallest absolute Gasteiger partial charge is 0.411 e. The number of amides is 1. The first-order valence-corrected chi connectivity index (χ1v) is 10.5. The summed E-state index contributed by atoms with van der Waals surface area (Å²) in [7, 11) is 0. The lowest BCUT2D eigenvalue weighted by molar-refractivity contribution is 0.0859. The molecular formula is C26H26N2O3. The molecule has 3 aromatic rings. The number of ether oxygens (including phenoxy) is 2. The van der Waals surface area contributed by atoms with Crippen molar-refractivity contribution in [2.75, 3.05) is 6.61 Å². The Bertz CT molecular complexity index is 1010. The van der Waals surface area contributed by atoms with E-state index in [4.69, 9.17) is 14.5 Å². The van der Waals surface area contributed by atoms with Crippen LogP contribution in [0.15, 0.2) is 96.0 Å². The number of benzene rings is 3. The molecule has 1 aliphatic rings. The molecule has 0 unspecified atom stereocenters. The van der Waals surface area contributed by atoms with Crippen LogP contribution in [-0.4, -0.2) is 29.5 Å². The van der Waals surface area contributed by atoms with E-state index in [1.165, 1.54) is 0 Å². The molecule has 0 saturated carbocycles. The molecule has 1 amide bonds. The summed E-state index contributed by atoms with van der Waals surface area (Å²) in [4.78, 5) is 19.5. The maximum Gasteiger partial charge on any atom is 0.411 e. The van der Waals surface area contributed by atoms with Gasteiger partial charge in [-0.1, -0.05) is 91.0 Å². The summed E-state index contributed by atoms with van der Waals surface area (Å²) in [6, 6.07) is 29.2. The standard InChI is InChI=1S/C26H26N2O3/c1-20(25-27-24(19-30-25)23-15-9-4-10-16-23)28(17-21-11-5-2-6-12-21)26(29)31-18-22-13-7-3-8-14-22/h2-16,20,24H,17-19H2,1H3/t20-,24+/m1/s1. The number of nitrogens with zero attached hydrogens (tertiary/aromatic N) is 2. The van der Waals surface area contributed by atoms with Gasteiger partial charge in [0.15, 0.2) is 0 Å². The van der Waals surface area contributed by atoms with Crippen LogP contribution in [0, 0.1) is 0 Å². The minimum Gasteiger partial charge on any atom is -0.477 e. The summed E-state index contributed by atoms with van der Waals surface area (Å²) in [5, 5.41) is 0. The first-order chi connectivity index (χ1) is 15.2. The Hall–Kier alpha value is -3.60. The van der Waals surface area contributed by atoms with E-state index in [0.29, 0.717) is 19.0 Å². The van der Waals surface area contributed by atoms with Crippen molar-refractivity contribution in [1.29, 1.82) is 0 Å². The van der Waals surface area contributed by atoms with E-state index in [9.17, 15) is 4.79 Å². The van der Waals surface area contributed by atoms with E-state index in [1.54, 1.807) is 4.90 Å². The molecule has 1 heterocycles. The number of rotatable bonds is 7. The quantitative estimate of drug-likeness (QED) is 0.521. The lowest BCUT2D eigenvalue weighted by atomic mass is 10.1. The van der Waals surface area contributed by atoms with Crippen molar-refractivity contribution in [2.45, 2.75) is 32.2 Å². The molecule has 5 heteroatoms. The lowest BCUT2D eigenvalue weighted by Gasteiger charge is -2.28. The van der Waals surface area contributed by atoms with E-state index in [1.807, 2.05) is 97.9 Å². The number of hydrogen-bond donors (Lipinski definition) is 0. The molecule has 0 saturated heterocycles. The van der Waals surface area contributed by atoms with Gasteiger partial charge >= 0.3 is 6.09 Å². The van der Waals surface area contributed by atoms with Crippen molar-refractivity contribution in [3.05, 3.63) is 108 Å². The molecular weight excluding hydrogens is 388 g/mol. The van der Waals surface area contributed by atoms with Gasteiger partial charge in [0.1, 0.15) is 25.3 Å². The van der Waals surface area contributed by atoms with Crippen molar-refractivity contribution in [3.63, 3.8) is 0 Å². The van der Waals surface area contributed by atoms with Crippen molar-refractivity contribution in [3.8, 4) is 0 Å². The number of hydrogen-bond acceptors (Lipinski definition) is 4. The molecule has 5 nitrogen and oxygen atoms in total. The monoisotopic (exact) mass is 414 g/mol. The van der Waals surface area contributed by atoms with Gasteiger partial charge in [-0.05, 0) is 23.6 Å². The Morgan fingerprint density at radius 2 is 1.55 bits per heavy atom. The van der Waals surface area contributed by atoms with Gasteiger partial charge in [0, 0.05) is 6.54 Å². The number of carbonyl (C=O) groups excluding carboxylic acids is 1. The molecule has 0 N–H and O–H groups in total. The van der Waals surface area contributed by atoms with Crippen LogP contribution in [0.2, 0.25) is 0 Å². The third-order valence-electron chi connectivity index (χ3n) is 5.32. The Morgan fingerprint density at radius 1 is 0.968 bits per heavy atom. The van der Waals surface area contributed by atoms with E-state index >= 15 is 0 Å². The highest BCUT2D eigenvalue weighted by Gasteiger charge is 2.31. The van der Waals surface area contributed by atoms with Crippen molar-refractivity contribution >= 4 is 12.0 Å². The first-order valence-electron chi connectivity index (χ1n) is 10.5. The van der Waals surface area contributed by atoms with E-state index in [-0.39, 0.29) is 18.7 Å². The summed E-state index contributed by atoms with van der Waals surface area (Å²) < 4.78 is 11.5. The van der Waals surface area contributed by atoms with Gasteiger partial charge in [-0.25, -0.2) is 9.79 Å². The van der Waals surface area contributed by atoms with Crippen molar-refractivity contribution < 1.29 is 14.3 Å². The van der Waals surface area contributed by atoms with Crippen molar-refractivity contribution in [1.82, 2.24) is 4.90 Å². The first kappa shape index (κ1) is 20.7. The summed E-state index contributed by atoms with van der Waals surface area (Å²) in [5.74, 6) is 0.557. The summed E-state index contributed by atoms with van der Waals surface area (Å²) in [5.41, 5.74) is 3.07. The number of carbonyl (C=O) groups is 1. The maximum atomic E-state index is 13.1. The molecule has 0 bridgehead atoms. The molecule has 31 heavy (non-hydrogen) atoms. The average Bonchev–Trinajstić information content (AvgIpc) is 3.33. The maximum absolute atomic E-state index is 13.1. The van der Waals surface area contributed by atoms with Gasteiger partial charge in [-0.3, -0.25) is 4.90 Å². The van der Waals surface area contributed by atoms with Gasteiger partial charge in [-0.15, -0.1) is 0 Å². The van der Waals surface area contributed by atoms with E-state index in [0.717, 1.165) is 16.7 Å². The van der Waals surface area contributed by atoms with Gasteiger partial charge in [0.25, 0.3) is 0 Å². The largest absolute Gasteiger partial charge is 0.477 e. The minimum absolute atomic E-state index is 0.0578. The van der Waals surface area contributed by atoms with Crippen LogP contribution < -0.4 is 0 Å². The van der Waals surface area contributed by atoms with Crippen molar-refractivity contribution in [2.24, 2.45) is 4.99 Å². The fourth-order valence-electron chi connectivity index (χ4n) is 3.54. The van der Waals surface area contributed by atoms with Crippen LogP contribution in [-0.2, 0) is 22.6 Å². The minimum atomic E-state index is -0.394. The third kappa shape index (κ3) is 5.31. The molecule has 4 rings (SSSR count). The fourth-order valence-corrected chi connectivity index (χ4v) is 3.54. The van der Waals surface area contributed by atoms with Gasteiger partial charge < -0.3 is 9.47 Å². The molecule has 3 aromatic carbocycles. The van der Waals surface area contributed by atoms with E-state index in [2.05, 4.69) is 0 Å². The molecule has 0 radical (unpaired) electrons. The predicted molar refractivity (Wildman–Crippen MR) is 121 cm³/mol. The fraction of sp³-hybridized carbons (Fsp3) is 0.231. The SMILES string of the molecule is C[C@H](C1=N[C@H](c2ccccc2)CO1)N(Cc1ccccc1)C(=O)OCc1ccccc1. The summed E-state index contributed by atoms with van der Waals surface area (Å²) >= 11 is 0. The van der Waals surface area contributed by atoms with Gasteiger partial charge in [0.05, 0.1) is 0 Å². The zero-order valence-corrected chi connectivity index (χ0v) is 17.6. The molecule has 1 aliphatic heterocycles. The highest BCUT2D eigenvalue weighted by molar-refractivity contribution is 5.86. The zero-order valence-electron chi connectivity index (χ0n) is 17.6. The predicted octanol–water partition coefficient (Wildman–Crippen LogP) is 5.38. The van der Waals surface area contributed by atoms with Crippen LogP contribution in [0.3, 0.4) is 0 Å². The van der Waals surface area contributed by atoms with Crippen LogP contribution in [0.4, 0.5) is 4.79 Å². The lowest BCUT2D eigenvalue weighted by Crippen LogP contribution is -2.43. The Kier molecular flexibility index (Phi) is 6.62. The molecule has 0 aliphatic carbocycles. The summed E-state index contributed by atoms with van der Waals surface area (Å²) in [6.07, 6.45) is -0.394. The Labute approximate surface area is 183 Å². The molecule has 0 aromatic heterocycles. The average molecular weight is 415 g/mol. The van der Waals surface area contributed by atoms with Gasteiger partial charge in [0.2, 0.25) is 5.90 Å². The summed E-state index contributed by atoms with van der Waals surface area (Å²) in [6.45, 7) is 3.03. The highest BCUT2D eigenvalue weighted by atomic mass is 16.6. The molecule has 0 fully saturated rings. The second kappa shape index (κ2) is 9.94. The zero-order chi connectivity index (χ0) is 21.5. The molecule has 2 atom stereocenters. The Morgan fingerprint density at radius 3 is 2.19 bits per heavy atom. The van der Waals surface area contributed by atoms with Crippen LogP contribution in [0.1, 0.15) is 29.7 Å².